The Kier molecular flexibility index (Phi) is 7.76. The van der Waals surface area contributed by atoms with Gasteiger partial charge in [0, 0.05) is 30.8 Å². The van der Waals surface area contributed by atoms with Gasteiger partial charge in [-0.2, -0.15) is 4.31 Å². The predicted octanol–water partition coefficient (Wildman–Crippen LogP) is 3.74. The van der Waals surface area contributed by atoms with Gasteiger partial charge in [0.05, 0.1) is 15.6 Å². The Morgan fingerprint density at radius 3 is 2.47 bits per heavy atom. The van der Waals surface area contributed by atoms with Gasteiger partial charge >= 0.3 is 0 Å². The summed E-state index contributed by atoms with van der Waals surface area (Å²) >= 11 is 6.15. The molecule has 3 rings (SSSR count). The number of rotatable bonds is 10. The summed E-state index contributed by atoms with van der Waals surface area (Å²) in [6.45, 7) is 3.85. The normalized spacial score (nSPS) is 13.6. The van der Waals surface area contributed by atoms with Crippen molar-refractivity contribution in [1.29, 1.82) is 0 Å². The fraction of sp³-hybridized carbons (Fsp3) is 0.364. The molecule has 0 aromatic heterocycles. The topological polar surface area (TPSA) is 105 Å². The summed E-state index contributed by atoms with van der Waals surface area (Å²) in [7, 11) is -3.69. The summed E-state index contributed by atoms with van der Waals surface area (Å²) in [5.41, 5.74) is 0.774. The highest BCUT2D eigenvalue weighted by Gasteiger charge is 2.29. The van der Waals surface area contributed by atoms with Crippen LogP contribution in [-0.4, -0.2) is 44.2 Å². The van der Waals surface area contributed by atoms with E-state index in [0.717, 1.165) is 12.8 Å². The van der Waals surface area contributed by atoms with Crippen molar-refractivity contribution in [3.63, 3.8) is 0 Å². The van der Waals surface area contributed by atoms with Crippen molar-refractivity contribution in [2.45, 2.75) is 31.6 Å². The van der Waals surface area contributed by atoms with Gasteiger partial charge in [-0.25, -0.2) is 8.42 Å². The van der Waals surface area contributed by atoms with E-state index in [9.17, 15) is 18.0 Å². The monoisotopic (exact) mass is 479 g/mol. The molecule has 2 aromatic rings. The Labute approximate surface area is 192 Å². The molecule has 2 N–H and O–H groups in total. The number of amides is 2. The van der Waals surface area contributed by atoms with Crippen LogP contribution in [0.5, 0.6) is 5.75 Å². The van der Waals surface area contributed by atoms with Crippen LogP contribution in [0.3, 0.4) is 0 Å². The molecule has 0 radical (unpaired) electrons. The van der Waals surface area contributed by atoms with Crippen molar-refractivity contribution in [3.05, 3.63) is 47.5 Å². The Bertz CT molecular complexity index is 1100. The van der Waals surface area contributed by atoms with Crippen LogP contribution < -0.4 is 15.4 Å². The highest BCUT2D eigenvalue weighted by Crippen LogP contribution is 2.31. The number of ether oxygens (including phenoxy) is 1. The van der Waals surface area contributed by atoms with Crippen molar-refractivity contribution in [2.75, 3.05) is 30.3 Å². The Morgan fingerprint density at radius 1 is 1.09 bits per heavy atom. The Morgan fingerprint density at radius 2 is 1.81 bits per heavy atom. The lowest BCUT2D eigenvalue weighted by atomic mass is 10.3. The van der Waals surface area contributed by atoms with Crippen LogP contribution in [-0.2, 0) is 19.6 Å². The number of nitrogens with zero attached hydrogens (tertiary/aromatic N) is 1. The van der Waals surface area contributed by atoms with Gasteiger partial charge in [0.25, 0.3) is 5.91 Å². The number of anilines is 2. The van der Waals surface area contributed by atoms with Crippen molar-refractivity contribution in [3.8, 4) is 5.75 Å². The molecule has 0 bridgehead atoms. The third-order valence-corrected chi connectivity index (χ3v) is 7.35. The molecule has 0 unspecified atom stereocenters. The van der Waals surface area contributed by atoms with Gasteiger partial charge < -0.3 is 15.4 Å². The third kappa shape index (κ3) is 5.99. The number of halogens is 1. The van der Waals surface area contributed by atoms with Crippen LogP contribution >= 0.6 is 11.6 Å². The molecular weight excluding hydrogens is 454 g/mol. The molecule has 2 aromatic carbocycles. The number of carbonyl (C=O) groups is 2. The number of sulfonamides is 1. The van der Waals surface area contributed by atoms with Crippen LogP contribution in [0.25, 0.3) is 0 Å². The number of benzene rings is 2. The van der Waals surface area contributed by atoms with Gasteiger partial charge in [0.1, 0.15) is 5.75 Å². The standard InChI is InChI=1S/C22H26ClN3O5S/c1-3-26(4-2)32(29,30)18-10-11-19(23)20(13-18)25-21(27)14-31-17-7-5-6-16(12-17)24-22(28)15-8-9-15/h5-7,10-13,15H,3-4,8-9,14H2,1-2H3,(H,24,28)(H,25,27). The van der Waals surface area contributed by atoms with E-state index in [1.165, 1.54) is 22.5 Å². The van der Waals surface area contributed by atoms with Gasteiger partial charge in [-0.15, -0.1) is 0 Å². The summed E-state index contributed by atoms with van der Waals surface area (Å²) in [6, 6.07) is 10.9. The van der Waals surface area contributed by atoms with Crippen LogP contribution in [0, 0.1) is 5.92 Å². The van der Waals surface area contributed by atoms with Crippen LogP contribution in [0.2, 0.25) is 5.02 Å². The van der Waals surface area contributed by atoms with Crippen LogP contribution in [0.15, 0.2) is 47.4 Å². The van der Waals surface area contributed by atoms with E-state index < -0.39 is 15.9 Å². The predicted molar refractivity (Wildman–Crippen MR) is 123 cm³/mol. The third-order valence-electron chi connectivity index (χ3n) is 4.97. The minimum atomic E-state index is -3.69. The lowest BCUT2D eigenvalue weighted by Gasteiger charge is -2.19. The van der Waals surface area contributed by atoms with Crippen molar-refractivity contribution in [2.24, 2.45) is 5.92 Å². The molecule has 0 atom stereocenters. The maximum absolute atomic E-state index is 12.7. The maximum atomic E-state index is 12.7. The Balaban J connectivity index is 1.63. The molecule has 8 nitrogen and oxygen atoms in total. The minimum Gasteiger partial charge on any atom is -0.484 e. The van der Waals surface area contributed by atoms with Gasteiger partial charge in [-0.1, -0.05) is 31.5 Å². The van der Waals surface area contributed by atoms with E-state index in [1.54, 1.807) is 38.1 Å². The molecule has 0 saturated heterocycles. The molecule has 1 aliphatic rings. The minimum absolute atomic E-state index is 0.0194. The fourth-order valence-corrected chi connectivity index (χ4v) is 4.71. The van der Waals surface area contributed by atoms with E-state index in [1.807, 2.05) is 0 Å². The van der Waals surface area contributed by atoms with Gasteiger partial charge in [-0.3, -0.25) is 9.59 Å². The molecule has 0 spiro atoms. The summed E-state index contributed by atoms with van der Waals surface area (Å²) in [5.74, 6) is -0.0279. The molecule has 2 amide bonds. The van der Waals surface area contributed by atoms with E-state index >= 15 is 0 Å². The first-order chi connectivity index (χ1) is 15.2. The molecule has 32 heavy (non-hydrogen) atoms. The molecule has 1 fully saturated rings. The second-order valence-corrected chi connectivity index (χ2v) is 9.70. The number of hydrogen-bond donors (Lipinski definition) is 2. The molecule has 1 aliphatic carbocycles. The first kappa shape index (κ1) is 24.0. The van der Waals surface area contributed by atoms with Gasteiger partial charge in [0.2, 0.25) is 15.9 Å². The second-order valence-electron chi connectivity index (χ2n) is 7.36. The number of carbonyl (C=O) groups excluding carboxylic acids is 2. The number of nitrogens with one attached hydrogen (secondary N) is 2. The summed E-state index contributed by atoms with van der Waals surface area (Å²) in [5, 5.41) is 5.62. The second kappa shape index (κ2) is 10.3. The average Bonchev–Trinajstić information content (AvgIpc) is 3.60. The van der Waals surface area contributed by atoms with E-state index in [2.05, 4.69) is 10.6 Å². The zero-order chi connectivity index (χ0) is 23.3. The lowest BCUT2D eigenvalue weighted by Crippen LogP contribution is -2.30. The van der Waals surface area contributed by atoms with Crippen molar-refractivity contribution >= 4 is 44.8 Å². The molecular formula is C22H26ClN3O5S. The largest absolute Gasteiger partial charge is 0.484 e. The SMILES string of the molecule is CCN(CC)S(=O)(=O)c1ccc(Cl)c(NC(=O)COc2cccc(NC(=O)C3CC3)c2)c1. The van der Waals surface area contributed by atoms with Crippen molar-refractivity contribution in [1.82, 2.24) is 4.31 Å². The smallest absolute Gasteiger partial charge is 0.262 e. The van der Waals surface area contributed by atoms with E-state index in [-0.39, 0.29) is 34.0 Å². The van der Waals surface area contributed by atoms with Crippen LogP contribution in [0.4, 0.5) is 11.4 Å². The molecule has 0 aliphatic heterocycles. The highest BCUT2D eigenvalue weighted by atomic mass is 35.5. The highest BCUT2D eigenvalue weighted by molar-refractivity contribution is 7.89. The quantitative estimate of drug-likeness (QED) is 0.540. The molecule has 172 valence electrons. The summed E-state index contributed by atoms with van der Waals surface area (Å²) in [6.07, 6.45) is 1.81. The van der Waals surface area contributed by atoms with Gasteiger partial charge in [0.15, 0.2) is 6.61 Å². The Hall–Kier alpha value is -2.62. The van der Waals surface area contributed by atoms with E-state index in [4.69, 9.17) is 16.3 Å². The van der Waals surface area contributed by atoms with Gasteiger partial charge in [-0.05, 0) is 43.2 Å². The molecule has 1 saturated carbocycles. The summed E-state index contributed by atoms with van der Waals surface area (Å²) in [4.78, 5) is 24.3. The lowest BCUT2D eigenvalue weighted by molar-refractivity contribution is -0.118. The van der Waals surface area contributed by atoms with E-state index in [0.29, 0.717) is 24.5 Å². The zero-order valence-electron chi connectivity index (χ0n) is 17.9. The summed E-state index contributed by atoms with van der Waals surface area (Å²) < 4.78 is 32.3. The fourth-order valence-electron chi connectivity index (χ4n) is 3.06. The average molecular weight is 480 g/mol. The first-order valence-corrected chi connectivity index (χ1v) is 12.2. The first-order valence-electron chi connectivity index (χ1n) is 10.4. The molecule has 0 heterocycles. The zero-order valence-corrected chi connectivity index (χ0v) is 19.5. The van der Waals surface area contributed by atoms with Crippen LogP contribution in [0.1, 0.15) is 26.7 Å². The van der Waals surface area contributed by atoms with Crippen molar-refractivity contribution < 1.29 is 22.7 Å². The number of hydrogen-bond acceptors (Lipinski definition) is 5. The molecule has 10 heteroatoms. The maximum Gasteiger partial charge on any atom is 0.262 e.